The van der Waals surface area contributed by atoms with Crippen molar-refractivity contribution in [3.8, 4) is 0 Å². The fourth-order valence-electron chi connectivity index (χ4n) is 3.25. The van der Waals surface area contributed by atoms with Gasteiger partial charge in [-0.1, -0.05) is 30.3 Å². The number of likely N-dealkylation sites (tertiary alicyclic amines) is 1. The van der Waals surface area contributed by atoms with Gasteiger partial charge in [-0.3, -0.25) is 9.59 Å². The zero-order valence-electron chi connectivity index (χ0n) is 13.8. The van der Waals surface area contributed by atoms with Crippen LogP contribution in [0, 0.1) is 5.41 Å². The standard InChI is InChI=1S/C19H22N2O3/c1-21-12-10-19(18(21)23,14-15-6-3-2-4-7-15)17(22)20-11-9-16-8-5-13-24-16/h2-8,13H,9-12,14H2,1H3,(H,20,22). The first-order chi connectivity index (χ1) is 11.6. The minimum Gasteiger partial charge on any atom is -0.469 e. The smallest absolute Gasteiger partial charge is 0.238 e. The van der Waals surface area contributed by atoms with Crippen molar-refractivity contribution in [2.24, 2.45) is 5.41 Å². The molecule has 1 aromatic carbocycles. The number of hydrogen-bond donors (Lipinski definition) is 1. The molecule has 1 aliphatic heterocycles. The lowest BCUT2D eigenvalue weighted by Gasteiger charge is -2.26. The zero-order chi connectivity index (χ0) is 17.0. The quantitative estimate of drug-likeness (QED) is 0.826. The van der Waals surface area contributed by atoms with Crippen LogP contribution < -0.4 is 5.32 Å². The third kappa shape index (κ3) is 3.20. The van der Waals surface area contributed by atoms with E-state index < -0.39 is 5.41 Å². The topological polar surface area (TPSA) is 62.6 Å². The van der Waals surface area contributed by atoms with Gasteiger partial charge in [-0.25, -0.2) is 0 Å². The van der Waals surface area contributed by atoms with Crippen molar-refractivity contribution in [1.82, 2.24) is 10.2 Å². The number of carbonyl (C=O) groups is 2. The van der Waals surface area contributed by atoms with Crippen molar-refractivity contribution in [3.05, 3.63) is 60.1 Å². The molecule has 1 unspecified atom stereocenters. The van der Waals surface area contributed by atoms with E-state index in [4.69, 9.17) is 4.42 Å². The fourth-order valence-corrected chi connectivity index (χ4v) is 3.25. The van der Waals surface area contributed by atoms with Gasteiger partial charge in [0.25, 0.3) is 0 Å². The molecule has 5 heteroatoms. The van der Waals surface area contributed by atoms with Crippen LogP contribution >= 0.6 is 0 Å². The van der Waals surface area contributed by atoms with Gasteiger partial charge in [-0.2, -0.15) is 0 Å². The van der Waals surface area contributed by atoms with E-state index in [0.29, 0.717) is 32.4 Å². The number of furan rings is 1. The van der Waals surface area contributed by atoms with E-state index in [9.17, 15) is 9.59 Å². The summed E-state index contributed by atoms with van der Waals surface area (Å²) >= 11 is 0. The Bertz CT molecular complexity index is 697. The average molecular weight is 326 g/mol. The molecule has 0 aliphatic carbocycles. The average Bonchev–Trinajstić information content (AvgIpc) is 3.20. The molecule has 2 heterocycles. The van der Waals surface area contributed by atoms with E-state index in [1.807, 2.05) is 42.5 Å². The molecule has 1 fully saturated rings. The number of nitrogens with zero attached hydrogens (tertiary/aromatic N) is 1. The molecule has 2 amide bonds. The molecule has 1 aliphatic rings. The molecular weight excluding hydrogens is 304 g/mol. The highest BCUT2D eigenvalue weighted by Gasteiger charge is 2.51. The van der Waals surface area contributed by atoms with E-state index in [2.05, 4.69) is 5.32 Å². The number of carbonyl (C=O) groups excluding carboxylic acids is 2. The van der Waals surface area contributed by atoms with E-state index in [1.54, 1.807) is 18.2 Å². The summed E-state index contributed by atoms with van der Waals surface area (Å²) in [5.41, 5.74) is 0.00143. The van der Waals surface area contributed by atoms with Gasteiger partial charge in [0.2, 0.25) is 11.8 Å². The second-order valence-electron chi connectivity index (χ2n) is 6.31. The Labute approximate surface area is 141 Å². The predicted molar refractivity (Wildman–Crippen MR) is 90.3 cm³/mol. The summed E-state index contributed by atoms with van der Waals surface area (Å²) in [6, 6.07) is 13.4. The van der Waals surface area contributed by atoms with Crippen molar-refractivity contribution in [2.45, 2.75) is 19.3 Å². The van der Waals surface area contributed by atoms with Gasteiger partial charge in [-0.05, 0) is 30.5 Å². The van der Waals surface area contributed by atoms with Crippen LogP contribution in [0.3, 0.4) is 0 Å². The number of hydrogen-bond acceptors (Lipinski definition) is 3. The molecule has 1 saturated heterocycles. The van der Waals surface area contributed by atoms with Gasteiger partial charge < -0.3 is 14.6 Å². The lowest BCUT2D eigenvalue weighted by Crippen LogP contribution is -2.48. The first kappa shape index (κ1) is 16.3. The predicted octanol–water partition coefficient (Wildman–Crippen LogP) is 2.03. The summed E-state index contributed by atoms with van der Waals surface area (Å²) in [6.07, 6.45) is 3.21. The molecule has 1 N–H and O–H groups in total. The van der Waals surface area contributed by atoms with Crippen LogP contribution in [0.15, 0.2) is 53.1 Å². The zero-order valence-corrected chi connectivity index (χ0v) is 13.8. The maximum absolute atomic E-state index is 12.9. The second-order valence-corrected chi connectivity index (χ2v) is 6.31. The Morgan fingerprint density at radius 2 is 2.04 bits per heavy atom. The SMILES string of the molecule is CN1CCC(Cc2ccccc2)(C(=O)NCCc2ccco2)C1=O. The Morgan fingerprint density at radius 1 is 1.25 bits per heavy atom. The van der Waals surface area contributed by atoms with Gasteiger partial charge in [0.15, 0.2) is 0 Å². The van der Waals surface area contributed by atoms with Crippen LogP contribution in [-0.4, -0.2) is 36.9 Å². The third-order valence-electron chi connectivity index (χ3n) is 4.65. The maximum atomic E-state index is 12.9. The fraction of sp³-hybridized carbons (Fsp3) is 0.368. The molecule has 3 rings (SSSR count). The molecular formula is C19H22N2O3. The minimum absolute atomic E-state index is 0.0955. The van der Waals surface area contributed by atoms with Crippen molar-refractivity contribution in [2.75, 3.05) is 20.1 Å². The summed E-state index contributed by atoms with van der Waals surface area (Å²) in [6.45, 7) is 1.07. The van der Waals surface area contributed by atoms with Gasteiger partial charge >= 0.3 is 0 Å². The van der Waals surface area contributed by atoms with Crippen molar-refractivity contribution in [3.63, 3.8) is 0 Å². The van der Waals surface area contributed by atoms with Crippen molar-refractivity contribution < 1.29 is 14.0 Å². The van der Waals surface area contributed by atoms with Crippen molar-refractivity contribution >= 4 is 11.8 Å². The summed E-state index contributed by atoms with van der Waals surface area (Å²) < 4.78 is 5.27. The molecule has 1 aromatic heterocycles. The number of nitrogens with one attached hydrogen (secondary N) is 1. The van der Waals surface area contributed by atoms with E-state index in [0.717, 1.165) is 11.3 Å². The molecule has 0 saturated carbocycles. The van der Waals surface area contributed by atoms with Crippen LogP contribution in [0.1, 0.15) is 17.7 Å². The molecule has 5 nitrogen and oxygen atoms in total. The van der Waals surface area contributed by atoms with Crippen LogP contribution in [-0.2, 0) is 22.4 Å². The Kier molecular flexibility index (Phi) is 4.69. The molecule has 1 atom stereocenters. The summed E-state index contributed by atoms with van der Waals surface area (Å²) in [5.74, 6) is 0.538. The van der Waals surface area contributed by atoms with E-state index in [1.165, 1.54) is 0 Å². The first-order valence-electron chi connectivity index (χ1n) is 8.22. The number of rotatable bonds is 6. The molecule has 126 valence electrons. The largest absolute Gasteiger partial charge is 0.469 e. The molecule has 0 spiro atoms. The number of amides is 2. The maximum Gasteiger partial charge on any atom is 0.238 e. The van der Waals surface area contributed by atoms with Gasteiger partial charge in [-0.15, -0.1) is 0 Å². The highest BCUT2D eigenvalue weighted by molar-refractivity contribution is 6.06. The minimum atomic E-state index is -1.00. The Hall–Kier alpha value is -2.56. The molecule has 24 heavy (non-hydrogen) atoms. The monoisotopic (exact) mass is 326 g/mol. The first-order valence-corrected chi connectivity index (χ1v) is 8.22. The summed E-state index contributed by atoms with van der Waals surface area (Å²) in [5, 5.41) is 2.93. The lowest BCUT2D eigenvalue weighted by molar-refractivity contribution is -0.144. The van der Waals surface area contributed by atoms with Crippen LogP contribution in [0.4, 0.5) is 0 Å². The van der Waals surface area contributed by atoms with E-state index in [-0.39, 0.29) is 11.8 Å². The van der Waals surface area contributed by atoms with Gasteiger partial charge in [0.05, 0.1) is 6.26 Å². The third-order valence-corrected chi connectivity index (χ3v) is 4.65. The summed E-state index contributed by atoms with van der Waals surface area (Å²) in [4.78, 5) is 27.2. The molecule has 0 bridgehead atoms. The molecule has 2 aromatic rings. The van der Waals surface area contributed by atoms with Crippen LogP contribution in [0.2, 0.25) is 0 Å². The van der Waals surface area contributed by atoms with Crippen molar-refractivity contribution in [1.29, 1.82) is 0 Å². The van der Waals surface area contributed by atoms with Crippen LogP contribution in [0.5, 0.6) is 0 Å². The highest BCUT2D eigenvalue weighted by Crippen LogP contribution is 2.35. The van der Waals surface area contributed by atoms with E-state index >= 15 is 0 Å². The lowest BCUT2D eigenvalue weighted by atomic mass is 9.79. The van der Waals surface area contributed by atoms with Crippen LogP contribution in [0.25, 0.3) is 0 Å². The Balaban J connectivity index is 1.72. The molecule has 0 radical (unpaired) electrons. The highest BCUT2D eigenvalue weighted by atomic mass is 16.3. The van der Waals surface area contributed by atoms with Gasteiger partial charge in [0, 0.05) is 26.6 Å². The number of benzene rings is 1. The van der Waals surface area contributed by atoms with Gasteiger partial charge in [0.1, 0.15) is 11.2 Å². The second kappa shape index (κ2) is 6.91. The normalized spacial score (nSPS) is 20.4. The summed E-state index contributed by atoms with van der Waals surface area (Å²) in [7, 11) is 1.76. The Morgan fingerprint density at radius 3 is 2.67 bits per heavy atom.